The van der Waals surface area contributed by atoms with Gasteiger partial charge in [0.2, 0.25) is 5.91 Å². The van der Waals surface area contributed by atoms with Crippen LogP contribution in [-0.4, -0.2) is 54.5 Å². The van der Waals surface area contributed by atoms with Crippen LogP contribution in [0.3, 0.4) is 0 Å². The van der Waals surface area contributed by atoms with Gasteiger partial charge in [0.15, 0.2) is 0 Å². The number of ether oxygens (including phenoxy) is 1. The first-order valence-electron chi connectivity index (χ1n) is 8.64. The molecular formula is C19H25N3O2S. The smallest absolute Gasteiger partial charge is 0.225 e. The Morgan fingerprint density at radius 2 is 2.20 bits per heavy atom. The van der Waals surface area contributed by atoms with Crippen molar-refractivity contribution in [1.82, 2.24) is 14.8 Å². The van der Waals surface area contributed by atoms with Crippen LogP contribution in [0, 0.1) is 0 Å². The third-order valence-corrected chi connectivity index (χ3v) is 5.42. The number of likely N-dealkylation sites (N-methyl/N-ethyl adjacent to an activating group) is 1. The van der Waals surface area contributed by atoms with E-state index in [1.54, 1.807) is 17.5 Å². The van der Waals surface area contributed by atoms with Crippen molar-refractivity contribution in [3.8, 4) is 0 Å². The highest BCUT2D eigenvalue weighted by molar-refractivity contribution is 7.10. The molecule has 0 fully saturated rings. The number of hydrogen-bond donors (Lipinski definition) is 0. The van der Waals surface area contributed by atoms with Crippen molar-refractivity contribution in [2.24, 2.45) is 0 Å². The minimum absolute atomic E-state index is 0.109. The molecule has 25 heavy (non-hydrogen) atoms. The van der Waals surface area contributed by atoms with Gasteiger partial charge >= 0.3 is 0 Å². The Bertz CT molecular complexity index is 687. The number of amides is 1. The van der Waals surface area contributed by atoms with Crippen LogP contribution in [0.2, 0.25) is 0 Å². The summed E-state index contributed by atoms with van der Waals surface area (Å²) in [5.41, 5.74) is 2.24. The summed E-state index contributed by atoms with van der Waals surface area (Å²) < 4.78 is 5.90. The molecular weight excluding hydrogens is 334 g/mol. The summed E-state index contributed by atoms with van der Waals surface area (Å²) in [5.74, 6) is 0.124. The van der Waals surface area contributed by atoms with E-state index in [0.717, 1.165) is 18.7 Å². The predicted octanol–water partition coefficient (Wildman–Crippen LogP) is 2.74. The van der Waals surface area contributed by atoms with Crippen molar-refractivity contribution in [3.05, 3.63) is 52.0 Å². The predicted molar refractivity (Wildman–Crippen MR) is 99.5 cm³/mol. The molecule has 2 aromatic heterocycles. The second-order valence-corrected chi connectivity index (χ2v) is 7.51. The fourth-order valence-corrected chi connectivity index (χ4v) is 3.97. The molecule has 3 rings (SSSR count). The van der Waals surface area contributed by atoms with E-state index in [4.69, 9.17) is 4.74 Å². The summed E-state index contributed by atoms with van der Waals surface area (Å²) in [5, 5.41) is 2.09. The van der Waals surface area contributed by atoms with E-state index in [-0.39, 0.29) is 12.0 Å². The minimum atomic E-state index is -0.109. The van der Waals surface area contributed by atoms with E-state index in [2.05, 4.69) is 21.3 Å². The van der Waals surface area contributed by atoms with Crippen LogP contribution in [0.25, 0.3) is 0 Å². The van der Waals surface area contributed by atoms with E-state index < -0.39 is 0 Å². The van der Waals surface area contributed by atoms with Gasteiger partial charge in [0.1, 0.15) is 6.10 Å². The Morgan fingerprint density at radius 3 is 2.96 bits per heavy atom. The number of aromatic nitrogens is 1. The number of nitrogens with zero attached hydrogens (tertiary/aromatic N) is 3. The summed E-state index contributed by atoms with van der Waals surface area (Å²) in [4.78, 5) is 22.5. The Kier molecular flexibility index (Phi) is 6.18. The molecule has 0 aromatic carbocycles. The number of hydrogen-bond acceptors (Lipinski definition) is 5. The maximum absolute atomic E-state index is 13.0. The van der Waals surface area contributed by atoms with E-state index in [1.165, 1.54) is 10.4 Å². The van der Waals surface area contributed by atoms with Gasteiger partial charge in [-0.25, -0.2) is 0 Å². The van der Waals surface area contributed by atoms with Crippen molar-refractivity contribution in [2.75, 3.05) is 33.8 Å². The van der Waals surface area contributed by atoms with Gasteiger partial charge in [-0.1, -0.05) is 6.07 Å². The summed E-state index contributed by atoms with van der Waals surface area (Å²) in [6.07, 6.45) is 3.00. The van der Waals surface area contributed by atoms with E-state index in [9.17, 15) is 4.79 Å². The van der Waals surface area contributed by atoms with Gasteiger partial charge in [0.25, 0.3) is 0 Å². The van der Waals surface area contributed by atoms with Gasteiger partial charge < -0.3 is 14.5 Å². The summed E-state index contributed by atoms with van der Waals surface area (Å²) in [7, 11) is 4.04. The lowest BCUT2D eigenvalue weighted by Crippen LogP contribution is -2.37. The molecule has 1 aliphatic rings. The molecule has 1 aliphatic heterocycles. The highest BCUT2D eigenvalue weighted by atomic mass is 32.1. The SMILES string of the molecule is CN(C)CCN(Cc1ccccn1)C(=O)CC1OCCc2ccsc21. The quantitative estimate of drug-likeness (QED) is 0.763. The monoisotopic (exact) mass is 359 g/mol. The summed E-state index contributed by atoms with van der Waals surface area (Å²) in [6.45, 7) is 2.75. The Morgan fingerprint density at radius 1 is 1.32 bits per heavy atom. The second-order valence-electron chi connectivity index (χ2n) is 6.56. The van der Waals surface area contributed by atoms with E-state index in [0.29, 0.717) is 26.1 Å². The molecule has 1 atom stereocenters. The van der Waals surface area contributed by atoms with Gasteiger partial charge in [-0.3, -0.25) is 9.78 Å². The number of pyridine rings is 1. The van der Waals surface area contributed by atoms with E-state index >= 15 is 0 Å². The zero-order chi connectivity index (χ0) is 17.6. The summed E-state index contributed by atoms with van der Waals surface area (Å²) >= 11 is 1.69. The Labute approximate surface area is 153 Å². The lowest BCUT2D eigenvalue weighted by molar-refractivity contribution is -0.135. The molecule has 0 N–H and O–H groups in total. The van der Waals surface area contributed by atoms with Gasteiger partial charge in [0, 0.05) is 24.2 Å². The van der Waals surface area contributed by atoms with Crippen LogP contribution in [-0.2, 0) is 22.5 Å². The second kappa shape index (κ2) is 8.56. The largest absolute Gasteiger partial charge is 0.372 e. The first-order chi connectivity index (χ1) is 12.1. The van der Waals surface area contributed by atoms with Crippen molar-refractivity contribution < 1.29 is 9.53 Å². The molecule has 2 aromatic rings. The number of fused-ring (bicyclic) bond motifs is 1. The average Bonchev–Trinajstić information content (AvgIpc) is 3.09. The van der Waals surface area contributed by atoms with Crippen LogP contribution in [0.15, 0.2) is 35.8 Å². The lowest BCUT2D eigenvalue weighted by Gasteiger charge is -2.28. The molecule has 1 unspecified atom stereocenters. The first kappa shape index (κ1) is 18.0. The highest BCUT2D eigenvalue weighted by Gasteiger charge is 2.27. The van der Waals surface area contributed by atoms with Crippen molar-refractivity contribution in [2.45, 2.75) is 25.5 Å². The number of carbonyl (C=O) groups excluding carboxylic acids is 1. The zero-order valence-corrected chi connectivity index (χ0v) is 15.7. The van der Waals surface area contributed by atoms with Crippen LogP contribution >= 0.6 is 11.3 Å². The normalized spacial score (nSPS) is 16.7. The molecule has 0 bridgehead atoms. The highest BCUT2D eigenvalue weighted by Crippen LogP contribution is 2.34. The molecule has 0 aliphatic carbocycles. The third kappa shape index (κ3) is 4.87. The fraction of sp³-hybridized carbons (Fsp3) is 0.474. The molecule has 6 heteroatoms. The zero-order valence-electron chi connectivity index (χ0n) is 14.9. The van der Waals surface area contributed by atoms with Gasteiger partial charge in [0.05, 0.1) is 25.3 Å². The van der Waals surface area contributed by atoms with Gasteiger partial charge in [-0.2, -0.15) is 0 Å². The minimum Gasteiger partial charge on any atom is -0.372 e. The number of thiophene rings is 1. The van der Waals surface area contributed by atoms with Crippen LogP contribution in [0.4, 0.5) is 0 Å². The Hall–Kier alpha value is -1.76. The Balaban J connectivity index is 1.68. The lowest BCUT2D eigenvalue weighted by atomic mass is 10.0. The maximum atomic E-state index is 13.0. The molecule has 3 heterocycles. The molecule has 0 saturated heterocycles. The number of rotatable bonds is 7. The summed E-state index contributed by atoms with van der Waals surface area (Å²) in [6, 6.07) is 7.96. The molecule has 1 amide bonds. The van der Waals surface area contributed by atoms with Crippen LogP contribution in [0.5, 0.6) is 0 Å². The fourth-order valence-electron chi connectivity index (χ4n) is 2.96. The molecule has 0 spiro atoms. The standard InChI is InChI=1S/C19H25N3O2S/c1-21(2)9-10-22(14-16-5-3-4-8-20-16)18(23)13-17-19-15(6-11-24-17)7-12-25-19/h3-5,7-8,12,17H,6,9-11,13-14H2,1-2H3. The average molecular weight is 359 g/mol. The molecule has 0 saturated carbocycles. The maximum Gasteiger partial charge on any atom is 0.225 e. The van der Waals surface area contributed by atoms with Crippen LogP contribution in [0.1, 0.15) is 28.7 Å². The van der Waals surface area contributed by atoms with Crippen LogP contribution < -0.4 is 0 Å². The van der Waals surface area contributed by atoms with E-state index in [1.807, 2.05) is 37.2 Å². The van der Waals surface area contributed by atoms with Gasteiger partial charge in [-0.15, -0.1) is 11.3 Å². The topological polar surface area (TPSA) is 45.7 Å². The van der Waals surface area contributed by atoms with Gasteiger partial charge in [-0.05, 0) is 49.7 Å². The van der Waals surface area contributed by atoms with Crippen molar-refractivity contribution in [3.63, 3.8) is 0 Å². The van der Waals surface area contributed by atoms with Crippen molar-refractivity contribution in [1.29, 1.82) is 0 Å². The first-order valence-corrected chi connectivity index (χ1v) is 9.51. The number of carbonyl (C=O) groups is 1. The molecule has 0 radical (unpaired) electrons. The molecule has 5 nitrogen and oxygen atoms in total. The third-order valence-electron chi connectivity index (χ3n) is 4.37. The molecule has 134 valence electrons. The van der Waals surface area contributed by atoms with Crippen molar-refractivity contribution >= 4 is 17.2 Å².